The third-order valence-corrected chi connectivity index (χ3v) is 3.55. The van der Waals surface area contributed by atoms with Crippen molar-refractivity contribution >= 4 is 11.7 Å². The molecule has 1 aliphatic rings. The number of benzene rings is 1. The van der Waals surface area contributed by atoms with Crippen molar-refractivity contribution in [3.05, 3.63) is 29.1 Å². The molecule has 1 aromatic rings. The molecule has 4 nitrogen and oxygen atoms in total. The van der Waals surface area contributed by atoms with Gasteiger partial charge in [-0.3, -0.25) is 0 Å². The normalized spacial score (nSPS) is 18.2. The van der Waals surface area contributed by atoms with Crippen LogP contribution in [0.5, 0.6) is 0 Å². The van der Waals surface area contributed by atoms with Gasteiger partial charge in [0.05, 0.1) is 18.3 Å². The van der Waals surface area contributed by atoms with Crippen molar-refractivity contribution < 1.29 is 18.7 Å². The summed E-state index contributed by atoms with van der Waals surface area (Å²) in [4.78, 5) is 11.8. The van der Waals surface area contributed by atoms with E-state index in [-0.39, 0.29) is 11.3 Å². The van der Waals surface area contributed by atoms with Gasteiger partial charge in [0.15, 0.2) is 0 Å². The highest BCUT2D eigenvalue weighted by Gasteiger charge is 2.16. The monoisotopic (exact) mass is 281 g/mol. The zero-order chi connectivity index (χ0) is 14.5. The van der Waals surface area contributed by atoms with Crippen molar-refractivity contribution in [2.24, 2.45) is 0 Å². The molecule has 1 aliphatic heterocycles. The fourth-order valence-corrected chi connectivity index (χ4v) is 2.25. The maximum absolute atomic E-state index is 13.5. The number of esters is 1. The van der Waals surface area contributed by atoms with Crippen LogP contribution in [0.2, 0.25) is 0 Å². The van der Waals surface area contributed by atoms with E-state index in [0.29, 0.717) is 18.3 Å². The van der Waals surface area contributed by atoms with E-state index < -0.39 is 11.8 Å². The van der Waals surface area contributed by atoms with E-state index in [4.69, 9.17) is 15.2 Å². The van der Waals surface area contributed by atoms with Gasteiger partial charge in [0.25, 0.3) is 0 Å². The van der Waals surface area contributed by atoms with Gasteiger partial charge in [0.2, 0.25) is 0 Å². The molecular weight excluding hydrogens is 261 g/mol. The molecule has 0 aromatic heterocycles. The highest BCUT2D eigenvalue weighted by molar-refractivity contribution is 5.90. The Bertz CT molecular complexity index is 461. The van der Waals surface area contributed by atoms with Crippen LogP contribution < -0.4 is 5.73 Å². The predicted molar refractivity (Wildman–Crippen MR) is 74.0 cm³/mol. The van der Waals surface area contributed by atoms with Gasteiger partial charge in [0.1, 0.15) is 5.82 Å². The third kappa shape index (κ3) is 3.70. The molecule has 1 heterocycles. The molecule has 1 saturated heterocycles. The van der Waals surface area contributed by atoms with Crippen LogP contribution >= 0.6 is 0 Å². The minimum Gasteiger partial charge on any atom is -0.462 e. The summed E-state index contributed by atoms with van der Waals surface area (Å²) in [6.07, 6.45) is 4.11. The maximum Gasteiger partial charge on any atom is 0.338 e. The molecule has 5 heteroatoms. The highest BCUT2D eigenvalue weighted by Crippen LogP contribution is 2.19. The Morgan fingerprint density at radius 3 is 3.00 bits per heavy atom. The molecule has 1 atom stereocenters. The Morgan fingerprint density at radius 1 is 1.55 bits per heavy atom. The fourth-order valence-electron chi connectivity index (χ4n) is 2.25. The number of hydrogen-bond acceptors (Lipinski definition) is 4. The Morgan fingerprint density at radius 2 is 2.35 bits per heavy atom. The van der Waals surface area contributed by atoms with Crippen LogP contribution in [0.4, 0.5) is 10.1 Å². The van der Waals surface area contributed by atoms with Gasteiger partial charge in [-0.05, 0) is 44.7 Å². The van der Waals surface area contributed by atoms with Crippen molar-refractivity contribution in [1.29, 1.82) is 0 Å². The third-order valence-electron chi connectivity index (χ3n) is 3.55. The predicted octanol–water partition coefficient (Wildman–Crippen LogP) is 2.83. The number of nitrogen functional groups attached to an aromatic ring is 1. The van der Waals surface area contributed by atoms with Gasteiger partial charge >= 0.3 is 5.97 Å². The Kier molecular flexibility index (Phi) is 4.95. The minimum absolute atomic E-state index is 0.155. The lowest BCUT2D eigenvalue weighted by Crippen LogP contribution is -2.11. The van der Waals surface area contributed by atoms with Gasteiger partial charge in [-0.15, -0.1) is 0 Å². The second-order valence-electron chi connectivity index (χ2n) is 5.09. The highest BCUT2D eigenvalue weighted by atomic mass is 19.1. The number of nitrogens with two attached hydrogens (primary N) is 1. The Labute approximate surface area is 118 Å². The first kappa shape index (κ1) is 14.8. The Balaban J connectivity index is 1.79. The summed E-state index contributed by atoms with van der Waals surface area (Å²) >= 11 is 0. The number of carbonyl (C=O) groups excluding carboxylic acids is 1. The van der Waals surface area contributed by atoms with Crippen LogP contribution in [0.25, 0.3) is 0 Å². The zero-order valence-electron chi connectivity index (χ0n) is 11.7. The number of hydrogen-bond donors (Lipinski definition) is 1. The molecule has 0 saturated carbocycles. The molecule has 1 fully saturated rings. The van der Waals surface area contributed by atoms with Crippen LogP contribution in [-0.4, -0.2) is 25.3 Å². The largest absolute Gasteiger partial charge is 0.462 e. The molecule has 2 rings (SSSR count). The molecule has 2 N–H and O–H groups in total. The lowest BCUT2D eigenvalue weighted by Gasteiger charge is -2.10. The maximum atomic E-state index is 13.5. The molecule has 0 spiro atoms. The smallest absolute Gasteiger partial charge is 0.338 e. The van der Waals surface area contributed by atoms with Crippen LogP contribution in [0.3, 0.4) is 0 Å². The van der Waals surface area contributed by atoms with E-state index in [2.05, 4.69) is 0 Å². The lowest BCUT2D eigenvalue weighted by molar-refractivity contribution is 0.0461. The fraction of sp³-hybridized carbons (Fsp3) is 0.533. The number of carbonyl (C=O) groups is 1. The van der Waals surface area contributed by atoms with Gasteiger partial charge in [0, 0.05) is 17.9 Å². The summed E-state index contributed by atoms with van der Waals surface area (Å²) in [6.45, 7) is 2.71. The Hall–Kier alpha value is -1.62. The summed E-state index contributed by atoms with van der Waals surface area (Å²) in [5.41, 5.74) is 6.40. The van der Waals surface area contributed by atoms with Gasteiger partial charge in [-0.1, -0.05) is 0 Å². The van der Waals surface area contributed by atoms with Crippen molar-refractivity contribution in [2.75, 3.05) is 18.9 Å². The molecule has 0 amide bonds. The number of ether oxygens (including phenoxy) is 2. The summed E-state index contributed by atoms with van der Waals surface area (Å²) < 4.78 is 24.1. The average Bonchev–Trinajstić information content (AvgIpc) is 2.93. The number of halogens is 1. The van der Waals surface area contributed by atoms with Crippen molar-refractivity contribution in [3.8, 4) is 0 Å². The molecule has 0 bridgehead atoms. The average molecular weight is 281 g/mol. The molecule has 0 radical (unpaired) electrons. The molecule has 1 aromatic carbocycles. The van der Waals surface area contributed by atoms with Crippen molar-refractivity contribution in [1.82, 2.24) is 0 Å². The molecule has 110 valence electrons. The number of anilines is 1. The van der Waals surface area contributed by atoms with E-state index in [1.165, 1.54) is 6.07 Å². The van der Waals surface area contributed by atoms with E-state index in [1.54, 1.807) is 6.92 Å². The van der Waals surface area contributed by atoms with Crippen molar-refractivity contribution in [3.63, 3.8) is 0 Å². The standard InChI is InChI=1S/C15H20FNO3/c1-10-13(16)8-11(9-14(10)17)15(18)20-7-3-5-12-4-2-6-19-12/h8-9,12H,2-7,17H2,1H3. The molecule has 1 unspecified atom stereocenters. The van der Waals surface area contributed by atoms with Crippen LogP contribution in [0.15, 0.2) is 12.1 Å². The topological polar surface area (TPSA) is 61.6 Å². The quantitative estimate of drug-likeness (QED) is 0.512. The van der Waals surface area contributed by atoms with E-state index >= 15 is 0 Å². The van der Waals surface area contributed by atoms with Crippen molar-refractivity contribution in [2.45, 2.75) is 38.7 Å². The van der Waals surface area contributed by atoms with Crippen LogP contribution in [0, 0.1) is 12.7 Å². The van der Waals surface area contributed by atoms with Gasteiger partial charge in [-0.25, -0.2) is 9.18 Å². The number of rotatable bonds is 5. The van der Waals surface area contributed by atoms with E-state index in [9.17, 15) is 9.18 Å². The first-order valence-electron chi connectivity index (χ1n) is 6.92. The van der Waals surface area contributed by atoms with Crippen LogP contribution in [-0.2, 0) is 9.47 Å². The lowest BCUT2D eigenvalue weighted by atomic mass is 10.1. The second kappa shape index (κ2) is 6.70. The first-order valence-corrected chi connectivity index (χ1v) is 6.92. The van der Waals surface area contributed by atoms with Gasteiger partial charge < -0.3 is 15.2 Å². The summed E-state index contributed by atoms with van der Waals surface area (Å²) in [5, 5.41) is 0. The summed E-state index contributed by atoms with van der Waals surface area (Å²) in [7, 11) is 0. The van der Waals surface area contributed by atoms with Gasteiger partial charge in [-0.2, -0.15) is 0 Å². The molecule has 20 heavy (non-hydrogen) atoms. The van der Waals surface area contributed by atoms with Crippen LogP contribution in [0.1, 0.15) is 41.6 Å². The SMILES string of the molecule is Cc1c(N)cc(C(=O)OCCCC2CCCO2)cc1F. The zero-order valence-corrected chi connectivity index (χ0v) is 11.7. The second-order valence-corrected chi connectivity index (χ2v) is 5.09. The molecular formula is C15H20FNO3. The summed E-state index contributed by atoms with van der Waals surface area (Å²) in [6, 6.07) is 2.61. The minimum atomic E-state index is -0.539. The van der Waals surface area contributed by atoms with E-state index in [0.717, 1.165) is 38.4 Å². The molecule has 0 aliphatic carbocycles. The first-order chi connectivity index (χ1) is 9.58. The van der Waals surface area contributed by atoms with E-state index in [1.807, 2.05) is 0 Å². The summed E-state index contributed by atoms with van der Waals surface area (Å²) in [5.74, 6) is -1.03.